The van der Waals surface area contributed by atoms with E-state index in [4.69, 9.17) is 5.73 Å². The third kappa shape index (κ3) is 3.38. The Morgan fingerprint density at radius 3 is 2.53 bits per heavy atom. The zero-order chi connectivity index (χ0) is 10.7. The Bertz CT molecular complexity index is 317. The Kier molecular flexibility index (Phi) is 5.65. The average Bonchev–Trinajstić information content (AvgIpc) is 2.19. The third-order valence-corrected chi connectivity index (χ3v) is 2.37. The molecule has 4 heteroatoms. The minimum Gasteiger partial charge on any atom is -0.508 e. The first-order chi connectivity index (χ1) is 6.56. The molecule has 0 spiro atoms. The van der Waals surface area contributed by atoms with Gasteiger partial charge in [-0.25, -0.2) is 0 Å². The van der Waals surface area contributed by atoms with Gasteiger partial charge in [0.2, 0.25) is 0 Å². The maximum absolute atomic E-state index is 9.56. The Morgan fingerprint density at radius 1 is 1.40 bits per heavy atom. The standard InChI is InChI=1S/C11H17NO2.ClH/c1-3-9(13)11(12)8-6-7(2)4-5-10(8)14;/h4-6,9,11,13-14H,3,12H2,1-2H3;1H/t9-,11+;/m1./s1. The van der Waals surface area contributed by atoms with Crippen LogP contribution in [0.4, 0.5) is 0 Å². The summed E-state index contributed by atoms with van der Waals surface area (Å²) in [5, 5.41) is 19.1. The van der Waals surface area contributed by atoms with Crippen molar-refractivity contribution in [1.29, 1.82) is 0 Å². The quantitative estimate of drug-likeness (QED) is 0.744. The summed E-state index contributed by atoms with van der Waals surface area (Å²) in [5.41, 5.74) is 7.44. The van der Waals surface area contributed by atoms with E-state index in [9.17, 15) is 10.2 Å². The fraction of sp³-hybridized carbons (Fsp3) is 0.455. The Labute approximate surface area is 96.3 Å². The van der Waals surface area contributed by atoms with Gasteiger partial charge < -0.3 is 15.9 Å². The van der Waals surface area contributed by atoms with Gasteiger partial charge in [-0.1, -0.05) is 24.6 Å². The van der Waals surface area contributed by atoms with Crippen molar-refractivity contribution >= 4 is 12.4 Å². The van der Waals surface area contributed by atoms with Crippen LogP contribution in [0, 0.1) is 6.92 Å². The summed E-state index contributed by atoms with van der Waals surface area (Å²) in [5.74, 6) is 0.149. The zero-order valence-corrected chi connectivity index (χ0v) is 9.79. The van der Waals surface area contributed by atoms with Crippen LogP contribution in [0.3, 0.4) is 0 Å². The Morgan fingerprint density at radius 2 is 2.00 bits per heavy atom. The normalized spacial score (nSPS) is 14.1. The SMILES string of the molecule is CC[C@@H](O)[C@@H](N)c1cc(C)ccc1O.Cl. The van der Waals surface area contributed by atoms with E-state index in [2.05, 4.69) is 0 Å². The minimum absolute atomic E-state index is 0. The van der Waals surface area contributed by atoms with Crippen molar-refractivity contribution in [3.8, 4) is 5.75 Å². The molecule has 86 valence electrons. The van der Waals surface area contributed by atoms with Crippen molar-refractivity contribution in [3.63, 3.8) is 0 Å². The summed E-state index contributed by atoms with van der Waals surface area (Å²) in [4.78, 5) is 0. The van der Waals surface area contributed by atoms with Crippen molar-refractivity contribution in [2.45, 2.75) is 32.4 Å². The molecule has 0 amide bonds. The average molecular weight is 232 g/mol. The highest BCUT2D eigenvalue weighted by Crippen LogP contribution is 2.26. The van der Waals surface area contributed by atoms with Gasteiger partial charge in [-0.15, -0.1) is 12.4 Å². The van der Waals surface area contributed by atoms with Crippen LogP contribution in [-0.2, 0) is 0 Å². The van der Waals surface area contributed by atoms with E-state index in [1.54, 1.807) is 12.1 Å². The van der Waals surface area contributed by atoms with Gasteiger partial charge in [0.1, 0.15) is 5.75 Å². The molecule has 1 rings (SSSR count). The summed E-state index contributed by atoms with van der Waals surface area (Å²) in [6.07, 6.45) is -0.0307. The molecule has 0 saturated heterocycles. The molecule has 0 fully saturated rings. The first kappa shape index (κ1) is 14.2. The van der Waals surface area contributed by atoms with Crippen molar-refractivity contribution in [2.24, 2.45) is 5.73 Å². The predicted molar refractivity (Wildman–Crippen MR) is 63.3 cm³/mol. The molecule has 3 nitrogen and oxygen atoms in total. The molecule has 0 aliphatic carbocycles. The summed E-state index contributed by atoms with van der Waals surface area (Å²) in [6, 6.07) is 4.70. The third-order valence-electron chi connectivity index (χ3n) is 2.37. The number of aliphatic hydroxyl groups is 1. The number of hydrogen-bond acceptors (Lipinski definition) is 3. The van der Waals surface area contributed by atoms with Crippen LogP contribution < -0.4 is 5.73 Å². The molecule has 2 atom stereocenters. The van der Waals surface area contributed by atoms with Gasteiger partial charge in [0.05, 0.1) is 12.1 Å². The van der Waals surface area contributed by atoms with E-state index >= 15 is 0 Å². The molecular formula is C11H18ClNO2. The fourth-order valence-electron chi connectivity index (χ4n) is 1.40. The Balaban J connectivity index is 0.00000196. The topological polar surface area (TPSA) is 66.5 Å². The summed E-state index contributed by atoms with van der Waals surface area (Å²) < 4.78 is 0. The van der Waals surface area contributed by atoms with Gasteiger partial charge in [-0.2, -0.15) is 0 Å². The highest BCUT2D eigenvalue weighted by atomic mass is 35.5. The molecule has 0 unspecified atom stereocenters. The minimum atomic E-state index is -0.609. The van der Waals surface area contributed by atoms with Gasteiger partial charge in [-0.3, -0.25) is 0 Å². The lowest BCUT2D eigenvalue weighted by Gasteiger charge is -2.19. The van der Waals surface area contributed by atoms with Crippen molar-refractivity contribution < 1.29 is 10.2 Å². The number of nitrogens with two attached hydrogens (primary N) is 1. The van der Waals surface area contributed by atoms with Gasteiger partial charge in [0.25, 0.3) is 0 Å². The predicted octanol–water partition coefficient (Wildman–Crippen LogP) is 1.89. The summed E-state index contributed by atoms with van der Waals surface area (Å²) in [7, 11) is 0. The van der Waals surface area contributed by atoms with Crippen LogP contribution in [0.5, 0.6) is 5.75 Å². The lowest BCUT2D eigenvalue weighted by Crippen LogP contribution is -2.25. The van der Waals surface area contributed by atoms with Crippen LogP contribution in [0.25, 0.3) is 0 Å². The van der Waals surface area contributed by atoms with Crippen LogP contribution in [-0.4, -0.2) is 16.3 Å². The monoisotopic (exact) mass is 231 g/mol. The number of aromatic hydroxyl groups is 1. The number of aliphatic hydroxyl groups excluding tert-OH is 1. The molecule has 0 aromatic heterocycles. The smallest absolute Gasteiger partial charge is 0.120 e. The molecule has 0 aliphatic heterocycles. The lowest BCUT2D eigenvalue weighted by atomic mass is 9.98. The van der Waals surface area contributed by atoms with E-state index in [1.165, 1.54) is 0 Å². The van der Waals surface area contributed by atoms with Crippen LogP contribution >= 0.6 is 12.4 Å². The molecule has 15 heavy (non-hydrogen) atoms. The molecule has 1 aromatic carbocycles. The van der Waals surface area contributed by atoms with Gasteiger partial charge in [-0.05, 0) is 19.4 Å². The van der Waals surface area contributed by atoms with E-state index in [-0.39, 0.29) is 18.2 Å². The molecule has 0 bridgehead atoms. The van der Waals surface area contributed by atoms with Crippen LogP contribution in [0.2, 0.25) is 0 Å². The number of benzene rings is 1. The van der Waals surface area contributed by atoms with Crippen molar-refractivity contribution in [3.05, 3.63) is 29.3 Å². The van der Waals surface area contributed by atoms with Crippen molar-refractivity contribution in [2.75, 3.05) is 0 Å². The largest absolute Gasteiger partial charge is 0.508 e. The summed E-state index contributed by atoms with van der Waals surface area (Å²) in [6.45, 7) is 3.78. The maximum atomic E-state index is 9.56. The summed E-state index contributed by atoms with van der Waals surface area (Å²) >= 11 is 0. The molecular weight excluding hydrogens is 214 g/mol. The second kappa shape index (κ2) is 5.95. The number of hydrogen-bond donors (Lipinski definition) is 3. The lowest BCUT2D eigenvalue weighted by molar-refractivity contribution is 0.139. The first-order valence-corrected chi connectivity index (χ1v) is 4.79. The van der Waals surface area contributed by atoms with Gasteiger partial charge >= 0.3 is 0 Å². The molecule has 0 aliphatic rings. The van der Waals surface area contributed by atoms with E-state index in [0.29, 0.717) is 12.0 Å². The number of phenols is 1. The molecule has 0 radical (unpaired) electrons. The second-order valence-electron chi connectivity index (χ2n) is 3.56. The van der Waals surface area contributed by atoms with Crippen LogP contribution in [0.15, 0.2) is 18.2 Å². The van der Waals surface area contributed by atoms with Gasteiger partial charge in [0, 0.05) is 5.56 Å². The molecule has 1 aromatic rings. The highest BCUT2D eigenvalue weighted by Gasteiger charge is 2.17. The van der Waals surface area contributed by atoms with Crippen LogP contribution in [0.1, 0.15) is 30.5 Å². The second-order valence-corrected chi connectivity index (χ2v) is 3.56. The van der Waals surface area contributed by atoms with Crippen molar-refractivity contribution in [1.82, 2.24) is 0 Å². The number of phenolic OH excluding ortho intramolecular Hbond substituents is 1. The Hall–Kier alpha value is -0.770. The molecule has 0 saturated carbocycles. The molecule has 0 heterocycles. The number of rotatable bonds is 3. The zero-order valence-electron chi connectivity index (χ0n) is 8.97. The number of aryl methyl sites for hydroxylation is 1. The van der Waals surface area contributed by atoms with E-state index in [0.717, 1.165) is 5.56 Å². The highest BCUT2D eigenvalue weighted by molar-refractivity contribution is 5.85. The van der Waals surface area contributed by atoms with Gasteiger partial charge in [0.15, 0.2) is 0 Å². The first-order valence-electron chi connectivity index (χ1n) is 4.79. The molecule has 4 N–H and O–H groups in total. The number of halogens is 1. The van der Waals surface area contributed by atoms with E-state index < -0.39 is 12.1 Å². The fourth-order valence-corrected chi connectivity index (χ4v) is 1.40. The van der Waals surface area contributed by atoms with E-state index in [1.807, 2.05) is 19.9 Å². The maximum Gasteiger partial charge on any atom is 0.120 e.